The van der Waals surface area contributed by atoms with Crippen LogP contribution in [0, 0.1) is 34.5 Å². The van der Waals surface area contributed by atoms with Crippen molar-refractivity contribution in [3.05, 3.63) is 159 Å². The summed E-state index contributed by atoms with van der Waals surface area (Å²) in [7, 11) is 6.37. The second-order valence-corrected chi connectivity index (χ2v) is 25.3. The van der Waals surface area contributed by atoms with Gasteiger partial charge in [0.2, 0.25) is 17.1 Å². The zero-order chi connectivity index (χ0) is 52.6. The second kappa shape index (κ2) is 18.1. The van der Waals surface area contributed by atoms with Gasteiger partial charge in [-0.3, -0.25) is 0 Å². The van der Waals surface area contributed by atoms with Gasteiger partial charge in [0.1, 0.15) is 21.1 Å². The summed E-state index contributed by atoms with van der Waals surface area (Å²) >= 11 is 0. The van der Waals surface area contributed by atoms with Gasteiger partial charge >= 0.3 is 0 Å². The first-order chi connectivity index (χ1) is 32.7. The lowest BCUT2D eigenvalue weighted by Crippen LogP contribution is -2.40. The first kappa shape index (κ1) is 46.8. The number of hydrogen-bond donors (Lipinski definition) is 0. The first-order valence-electron chi connectivity index (χ1n) is 27.1. The molecule has 3 heterocycles. The molecule has 0 N–H and O–H groups in total. The molecule has 3 aromatic heterocycles. The number of rotatable bonds is 3. The molecule has 9 rings (SSSR count). The molecule has 3 aliphatic rings. The van der Waals surface area contributed by atoms with Crippen molar-refractivity contribution in [3.63, 3.8) is 0 Å². The van der Waals surface area contributed by atoms with Crippen LogP contribution in [0.2, 0.25) is 0 Å². The quantitative estimate of drug-likeness (QED) is 0.157. The summed E-state index contributed by atoms with van der Waals surface area (Å²) < 4.78 is 29.6. The average molecular weight is 914 g/mol. The first-order valence-corrected chi connectivity index (χ1v) is 25.6. The van der Waals surface area contributed by atoms with Crippen molar-refractivity contribution >= 4 is 0 Å². The molecule has 0 atom stereocenters. The van der Waals surface area contributed by atoms with E-state index in [1.54, 1.807) is 23.3 Å². The lowest BCUT2D eigenvalue weighted by Gasteiger charge is -2.42. The van der Waals surface area contributed by atoms with Crippen LogP contribution < -0.4 is 13.7 Å². The minimum absolute atomic E-state index is 0.153. The van der Waals surface area contributed by atoms with Crippen molar-refractivity contribution in [2.45, 2.75) is 189 Å². The maximum Gasteiger partial charge on any atom is 0.212 e. The molecule has 360 valence electrons. The Morgan fingerprint density at radius 1 is 0.368 bits per heavy atom. The fraction of sp³-hybridized carbons (Fsp3) is 0.492. The molecule has 3 nitrogen and oxygen atoms in total. The number of hydrogen-bond acceptors (Lipinski definition) is 0. The van der Waals surface area contributed by atoms with E-state index in [4.69, 9.17) is 4.11 Å². The molecule has 3 aromatic carbocycles. The summed E-state index contributed by atoms with van der Waals surface area (Å²) in [6.45, 7) is 35.1. The Morgan fingerprint density at radius 3 is 1.21 bits per heavy atom. The molecule has 0 unspecified atom stereocenters. The highest BCUT2D eigenvalue weighted by atomic mass is 14.9. The monoisotopic (exact) mass is 914 g/mol. The van der Waals surface area contributed by atoms with Crippen LogP contribution in [-0.4, -0.2) is 0 Å². The molecule has 3 heteroatoms. The lowest BCUT2D eigenvalue weighted by molar-refractivity contribution is -0.661. The van der Waals surface area contributed by atoms with Gasteiger partial charge in [-0.25, -0.2) is 13.7 Å². The summed E-state index contributed by atoms with van der Waals surface area (Å²) in [4.78, 5) is 0. The van der Waals surface area contributed by atoms with Crippen LogP contribution in [0.4, 0.5) is 0 Å². The molecule has 6 aromatic rings. The highest BCUT2D eigenvalue weighted by Gasteiger charge is 2.41. The van der Waals surface area contributed by atoms with Gasteiger partial charge in [0.15, 0.2) is 18.6 Å². The molecule has 0 bridgehead atoms. The standard InChI is InChI=1S/2C22H30N.C21H28N/c1-15-8-9-20(23(7)14-15)17-13-19-18(12-16(17)2)21(3,4)10-11-22(19,5)6;1-15-8-9-17(16(2)12-15)20-13-18-19(14-23(20)7)22(5,6)11-10-21(18,3)4;1-15-13-17-18(21(4,5)11-10-20(17,2)3)14-16(15)19-9-7-8-12-22(19)6/h2*8-9,12-14H,10-11H2,1-7H3;7-9,12-14H,10-11H2,1-6H3/q3*+1/i;1D3;. The molecule has 0 saturated heterocycles. The maximum atomic E-state index is 7.64. The smallest absolute Gasteiger partial charge is 0.201 e. The zero-order valence-corrected chi connectivity index (χ0v) is 45.8. The van der Waals surface area contributed by atoms with E-state index in [1.807, 2.05) is 13.0 Å². The topological polar surface area (TPSA) is 11.6 Å². The van der Waals surface area contributed by atoms with Crippen molar-refractivity contribution in [2.24, 2.45) is 21.1 Å². The Bertz CT molecular complexity index is 2990. The Balaban J connectivity index is 0.000000157. The minimum atomic E-state index is -2.06. The predicted molar refractivity (Wildman–Crippen MR) is 289 cm³/mol. The average Bonchev–Trinajstić information content (AvgIpc) is 3.26. The van der Waals surface area contributed by atoms with E-state index in [-0.39, 0.29) is 32.5 Å². The van der Waals surface area contributed by atoms with Gasteiger partial charge in [-0.2, -0.15) is 0 Å². The number of fused-ring (bicyclic) bond motifs is 3. The van der Waals surface area contributed by atoms with Gasteiger partial charge < -0.3 is 0 Å². The van der Waals surface area contributed by atoms with E-state index in [0.29, 0.717) is 5.56 Å². The van der Waals surface area contributed by atoms with Crippen LogP contribution in [0.1, 0.15) is 187 Å². The van der Waals surface area contributed by atoms with E-state index in [1.165, 1.54) is 100.0 Å². The normalized spacial score (nSPS) is 19.5. The van der Waals surface area contributed by atoms with Gasteiger partial charge in [0, 0.05) is 56.2 Å². The van der Waals surface area contributed by atoms with Crippen LogP contribution in [-0.2, 0) is 53.6 Å². The molecule has 0 amide bonds. The number of aromatic nitrogens is 3. The van der Waals surface area contributed by atoms with E-state index < -0.39 is 6.85 Å². The van der Waals surface area contributed by atoms with Gasteiger partial charge in [-0.1, -0.05) is 113 Å². The van der Waals surface area contributed by atoms with Crippen LogP contribution in [0.3, 0.4) is 0 Å². The number of pyridine rings is 3. The largest absolute Gasteiger partial charge is 0.212 e. The Labute approximate surface area is 418 Å². The predicted octanol–water partition coefficient (Wildman–Crippen LogP) is 15.1. The minimum Gasteiger partial charge on any atom is -0.201 e. The van der Waals surface area contributed by atoms with E-state index in [2.05, 4.69) is 218 Å². The Hall–Kier alpha value is -4.89. The molecular formula is C65H88N3+3. The second-order valence-electron chi connectivity index (χ2n) is 25.3. The van der Waals surface area contributed by atoms with E-state index >= 15 is 0 Å². The van der Waals surface area contributed by atoms with Crippen LogP contribution in [0.15, 0.2) is 97.5 Å². The molecule has 3 aliphatic carbocycles. The van der Waals surface area contributed by atoms with E-state index in [0.717, 1.165) is 16.8 Å². The summed E-state index contributed by atoms with van der Waals surface area (Å²) in [5.41, 5.74) is 23.5. The lowest BCUT2D eigenvalue weighted by atomic mass is 9.62. The third kappa shape index (κ3) is 9.93. The van der Waals surface area contributed by atoms with Crippen LogP contribution >= 0.6 is 0 Å². The Kier molecular flexibility index (Phi) is 12.5. The van der Waals surface area contributed by atoms with Gasteiger partial charge in [-0.15, -0.1) is 0 Å². The fourth-order valence-electron chi connectivity index (χ4n) is 11.7. The molecule has 0 saturated carbocycles. The molecule has 0 fully saturated rings. The van der Waals surface area contributed by atoms with Crippen molar-refractivity contribution in [2.75, 3.05) is 0 Å². The zero-order valence-electron chi connectivity index (χ0n) is 48.8. The number of benzene rings is 3. The Morgan fingerprint density at radius 2 is 0.765 bits per heavy atom. The van der Waals surface area contributed by atoms with Crippen LogP contribution in [0.5, 0.6) is 0 Å². The highest BCUT2D eigenvalue weighted by Crippen LogP contribution is 2.50. The van der Waals surface area contributed by atoms with Gasteiger partial charge in [0.25, 0.3) is 0 Å². The van der Waals surface area contributed by atoms with Crippen molar-refractivity contribution < 1.29 is 17.8 Å². The summed E-state index contributed by atoms with van der Waals surface area (Å²) in [5.74, 6) is 0. The fourth-order valence-corrected chi connectivity index (χ4v) is 11.7. The molecule has 68 heavy (non-hydrogen) atoms. The third-order valence-corrected chi connectivity index (χ3v) is 16.9. The van der Waals surface area contributed by atoms with E-state index in [9.17, 15) is 0 Å². The summed E-state index contributed by atoms with van der Waals surface area (Å²) in [6, 6.07) is 28.5. The third-order valence-electron chi connectivity index (χ3n) is 16.9. The molecule has 0 radical (unpaired) electrons. The van der Waals surface area contributed by atoms with Gasteiger partial charge in [-0.05, 0) is 180 Å². The SMILES string of the molecule is Cc1cc2c(cc1-c1cccc[n+]1C)C(C)(C)CCC2(C)C.Cc1ccc(-c2cc3c(cc2C)C(C)(C)CCC3(C)C)[n+](C)c1.[2H]C([2H])([2H])c1ccc(-c2cc3c(c[n+]2C)C(C)(C)CCC3(C)C)c(C)c1. The number of aryl methyl sites for hydroxylation is 8. The van der Waals surface area contributed by atoms with Crippen LogP contribution in [0.25, 0.3) is 33.8 Å². The molecule has 0 spiro atoms. The highest BCUT2D eigenvalue weighted by molar-refractivity contribution is 5.67. The van der Waals surface area contributed by atoms with Crippen molar-refractivity contribution in [3.8, 4) is 33.8 Å². The molecular weight excluding hydrogens is 823 g/mol. The number of nitrogens with zero attached hydrogens (tertiary/aromatic N) is 3. The van der Waals surface area contributed by atoms with Crippen molar-refractivity contribution in [1.82, 2.24) is 0 Å². The summed E-state index contributed by atoms with van der Waals surface area (Å²) in [5, 5.41) is 0. The molecule has 0 aliphatic heterocycles. The maximum absolute atomic E-state index is 7.64. The van der Waals surface area contributed by atoms with Gasteiger partial charge in [0.05, 0.1) is 0 Å². The van der Waals surface area contributed by atoms with Crippen molar-refractivity contribution in [1.29, 1.82) is 0 Å². The summed E-state index contributed by atoms with van der Waals surface area (Å²) in [6.07, 6.45) is 14.0.